The average molecular weight is 343 g/mol. The van der Waals surface area contributed by atoms with Crippen molar-refractivity contribution in [2.45, 2.75) is 31.3 Å². The molecule has 1 amide bonds. The fourth-order valence-corrected chi connectivity index (χ4v) is 2.90. The first-order chi connectivity index (χ1) is 12.1. The molecule has 8 heteroatoms. The van der Waals surface area contributed by atoms with Gasteiger partial charge in [0.25, 0.3) is 5.91 Å². The summed E-state index contributed by atoms with van der Waals surface area (Å²) in [6, 6.07) is 1.78. The van der Waals surface area contributed by atoms with Crippen LogP contribution in [0.25, 0.3) is 0 Å². The molecule has 0 bridgehead atoms. The van der Waals surface area contributed by atoms with E-state index in [1.807, 2.05) is 19.0 Å². The van der Waals surface area contributed by atoms with E-state index in [1.54, 1.807) is 23.4 Å². The number of rotatable bonds is 5. The second-order valence-corrected chi connectivity index (χ2v) is 6.78. The molecular formula is C17H21N5O3. The second kappa shape index (κ2) is 6.34. The monoisotopic (exact) mass is 343 g/mol. The van der Waals surface area contributed by atoms with Crippen LogP contribution in [-0.4, -0.2) is 59.2 Å². The number of hydrogen-bond donors (Lipinski definition) is 0. The van der Waals surface area contributed by atoms with Crippen molar-refractivity contribution in [1.82, 2.24) is 20.0 Å². The van der Waals surface area contributed by atoms with Gasteiger partial charge in [0, 0.05) is 39.0 Å². The van der Waals surface area contributed by atoms with Crippen molar-refractivity contribution < 1.29 is 14.1 Å². The number of anilines is 1. The molecule has 25 heavy (non-hydrogen) atoms. The molecule has 2 fully saturated rings. The first kappa shape index (κ1) is 15.9. The van der Waals surface area contributed by atoms with E-state index in [-0.39, 0.29) is 12.0 Å². The molecule has 8 nitrogen and oxygen atoms in total. The topological polar surface area (TPSA) is 84.6 Å². The predicted molar refractivity (Wildman–Crippen MR) is 89.8 cm³/mol. The molecule has 1 saturated heterocycles. The summed E-state index contributed by atoms with van der Waals surface area (Å²) in [6.07, 6.45) is 6.18. The Balaban J connectivity index is 1.37. The van der Waals surface area contributed by atoms with Crippen LogP contribution in [0.1, 0.15) is 41.4 Å². The van der Waals surface area contributed by atoms with Gasteiger partial charge in [-0.2, -0.15) is 4.98 Å². The molecule has 0 radical (unpaired) electrons. The molecule has 1 atom stereocenters. The molecule has 0 spiro atoms. The summed E-state index contributed by atoms with van der Waals surface area (Å²) in [5.74, 6) is 2.38. The number of hydrogen-bond acceptors (Lipinski definition) is 7. The minimum Gasteiger partial charge on any atom is -0.471 e. The van der Waals surface area contributed by atoms with Gasteiger partial charge in [-0.15, -0.1) is 0 Å². The lowest BCUT2D eigenvalue weighted by atomic mass is 10.2. The van der Waals surface area contributed by atoms with Crippen molar-refractivity contribution >= 4 is 11.7 Å². The summed E-state index contributed by atoms with van der Waals surface area (Å²) >= 11 is 0. The third kappa shape index (κ3) is 3.42. The molecular weight excluding hydrogens is 322 g/mol. The van der Waals surface area contributed by atoms with Gasteiger partial charge in [0.2, 0.25) is 5.88 Å². The van der Waals surface area contributed by atoms with E-state index in [0.717, 1.165) is 30.8 Å². The SMILES string of the molecule is CN(C)c1cncc(O[C@H]2CCN(C(=O)c3cc(C4CC4)on3)C2)n1. The van der Waals surface area contributed by atoms with Gasteiger partial charge in [-0.05, 0) is 12.8 Å². The van der Waals surface area contributed by atoms with Crippen LogP contribution in [0, 0.1) is 0 Å². The fourth-order valence-electron chi connectivity index (χ4n) is 2.90. The summed E-state index contributed by atoms with van der Waals surface area (Å²) < 4.78 is 11.2. The molecule has 132 valence electrons. The van der Waals surface area contributed by atoms with Crippen LogP contribution in [0.5, 0.6) is 5.88 Å². The van der Waals surface area contributed by atoms with Crippen LogP contribution in [0.2, 0.25) is 0 Å². The minimum atomic E-state index is -0.102. The van der Waals surface area contributed by atoms with E-state index in [4.69, 9.17) is 9.26 Å². The minimum absolute atomic E-state index is 0.0922. The molecule has 1 aliphatic heterocycles. The Morgan fingerprint density at radius 2 is 2.16 bits per heavy atom. The number of carbonyl (C=O) groups excluding carboxylic acids is 1. The Morgan fingerprint density at radius 1 is 1.32 bits per heavy atom. The molecule has 0 unspecified atom stereocenters. The van der Waals surface area contributed by atoms with Crippen molar-refractivity contribution in [2.24, 2.45) is 0 Å². The van der Waals surface area contributed by atoms with E-state index in [1.165, 1.54) is 0 Å². The summed E-state index contributed by atoms with van der Waals surface area (Å²) in [5.41, 5.74) is 0.386. The molecule has 4 rings (SSSR count). The van der Waals surface area contributed by atoms with Crippen LogP contribution >= 0.6 is 0 Å². The lowest BCUT2D eigenvalue weighted by Gasteiger charge is -2.16. The van der Waals surface area contributed by atoms with Crippen LogP contribution in [0.3, 0.4) is 0 Å². The zero-order valence-corrected chi connectivity index (χ0v) is 14.4. The zero-order chi connectivity index (χ0) is 17.4. The van der Waals surface area contributed by atoms with E-state index in [9.17, 15) is 4.79 Å². The lowest BCUT2D eigenvalue weighted by Crippen LogP contribution is -2.31. The van der Waals surface area contributed by atoms with Gasteiger partial charge >= 0.3 is 0 Å². The number of ether oxygens (including phenoxy) is 1. The standard InChI is InChI=1S/C17H21N5O3/c1-21(2)15-8-18-9-16(19-15)24-12-5-6-22(10-12)17(23)13-7-14(25-20-13)11-3-4-11/h7-9,11-12H,3-6,10H2,1-2H3/t12-/m0/s1. The molecule has 1 aliphatic carbocycles. The second-order valence-electron chi connectivity index (χ2n) is 6.78. The Bertz CT molecular complexity index is 771. The van der Waals surface area contributed by atoms with Gasteiger partial charge < -0.3 is 19.1 Å². The van der Waals surface area contributed by atoms with Gasteiger partial charge in [-0.1, -0.05) is 5.16 Å². The zero-order valence-electron chi connectivity index (χ0n) is 14.4. The van der Waals surface area contributed by atoms with E-state index in [0.29, 0.717) is 30.6 Å². The van der Waals surface area contributed by atoms with E-state index < -0.39 is 0 Å². The average Bonchev–Trinajstić information content (AvgIpc) is 3.16. The molecule has 2 aromatic heterocycles. The van der Waals surface area contributed by atoms with Crippen LogP contribution in [0.4, 0.5) is 5.82 Å². The third-order valence-corrected chi connectivity index (χ3v) is 4.50. The van der Waals surface area contributed by atoms with Crippen LogP contribution in [-0.2, 0) is 0 Å². The highest BCUT2D eigenvalue weighted by atomic mass is 16.5. The molecule has 2 aliphatic rings. The number of aromatic nitrogens is 3. The maximum absolute atomic E-state index is 12.6. The first-order valence-corrected chi connectivity index (χ1v) is 8.52. The quantitative estimate of drug-likeness (QED) is 0.817. The first-order valence-electron chi connectivity index (χ1n) is 8.52. The lowest BCUT2D eigenvalue weighted by molar-refractivity contribution is 0.0760. The van der Waals surface area contributed by atoms with E-state index in [2.05, 4.69) is 15.1 Å². The fraction of sp³-hybridized carbons (Fsp3) is 0.529. The van der Waals surface area contributed by atoms with Crippen molar-refractivity contribution in [3.05, 3.63) is 29.9 Å². The van der Waals surface area contributed by atoms with E-state index >= 15 is 0 Å². The summed E-state index contributed by atoms with van der Waals surface area (Å²) in [5, 5.41) is 3.93. The smallest absolute Gasteiger partial charge is 0.276 e. The Morgan fingerprint density at radius 3 is 2.92 bits per heavy atom. The highest BCUT2D eigenvalue weighted by molar-refractivity contribution is 5.92. The van der Waals surface area contributed by atoms with Gasteiger partial charge in [0.05, 0.1) is 18.9 Å². The summed E-state index contributed by atoms with van der Waals surface area (Å²) in [7, 11) is 3.80. The highest BCUT2D eigenvalue weighted by Crippen LogP contribution is 2.40. The number of nitrogens with zero attached hydrogens (tertiary/aromatic N) is 5. The molecule has 2 aromatic rings. The van der Waals surface area contributed by atoms with Crippen LogP contribution in [0.15, 0.2) is 23.0 Å². The van der Waals surface area contributed by atoms with Gasteiger partial charge in [-0.25, -0.2) is 0 Å². The Hall–Kier alpha value is -2.64. The van der Waals surface area contributed by atoms with Crippen molar-refractivity contribution in [3.63, 3.8) is 0 Å². The number of likely N-dealkylation sites (tertiary alicyclic amines) is 1. The normalized spacial score (nSPS) is 19.9. The summed E-state index contributed by atoms with van der Waals surface area (Å²) in [6.45, 7) is 1.15. The number of amides is 1. The van der Waals surface area contributed by atoms with Gasteiger partial charge in [0.15, 0.2) is 11.5 Å². The van der Waals surface area contributed by atoms with Crippen molar-refractivity contribution in [3.8, 4) is 5.88 Å². The summed E-state index contributed by atoms with van der Waals surface area (Å²) in [4.78, 5) is 24.7. The maximum atomic E-state index is 12.6. The Labute approximate surface area is 145 Å². The third-order valence-electron chi connectivity index (χ3n) is 4.50. The number of carbonyl (C=O) groups is 1. The van der Waals surface area contributed by atoms with Crippen LogP contribution < -0.4 is 9.64 Å². The van der Waals surface area contributed by atoms with Crippen molar-refractivity contribution in [2.75, 3.05) is 32.1 Å². The predicted octanol–water partition coefficient (Wildman–Crippen LogP) is 1.70. The maximum Gasteiger partial charge on any atom is 0.276 e. The van der Waals surface area contributed by atoms with Crippen molar-refractivity contribution in [1.29, 1.82) is 0 Å². The highest BCUT2D eigenvalue weighted by Gasteiger charge is 2.33. The Kier molecular flexibility index (Phi) is 4.03. The molecule has 0 N–H and O–H groups in total. The molecule has 1 saturated carbocycles. The largest absolute Gasteiger partial charge is 0.471 e. The molecule has 3 heterocycles. The van der Waals surface area contributed by atoms with Gasteiger partial charge in [-0.3, -0.25) is 9.78 Å². The molecule has 0 aromatic carbocycles. The van der Waals surface area contributed by atoms with Gasteiger partial charge in [0.1, 0.15) is 11.9 Å².